The van der Waals surface area contributed by atoms with Crippen molar-refractivity contribution in [3.63, 3.8) is 0 Å². The Morgan fingerprint density at radius 2 is 1.74 bits per heavy atom. The topological polar surface area (TPSA) is 118 Å². The van der Waals surface area contributed by atoms with Crippen molar-refractivity contribution in [1.29, 1.82) is 0 Å². The zero-order valence-corrected chi connectivity index (χ0v) is 11.3. The third kappa shape index (κ3) is 4.86. The monoisotopic (exact) mass is 305 g/mol. The number of anilines is 1. The quantitative estimate of drug-likeness (QED) is 0.519. The van der Waals surface area contributed by atoms with Crippen LogP contribution in [0.15, 0.2) is 29.2 Å². The minimum atomic E-state index is -3.78. The fourth-order valence-electron chi connectivity index (χ4n) is 1.16. The van der Waals surface area contributed by atoms with E-state index in [0.29, 0.717) is 0 Å². The molecule has 9 heteroatoms. The maximum Gasteiger partial charge on any atom is 0.313 e. The van der Waals surface area contributed by atoms with E-state index in [1.54, 1.807) is 0 Å². The highest BCUT2D eigenvalue weighted by Gasteiger charge is 2.13. The van der Waals surface area contributed by atoms with Gasteiger partial charge in [-0.2, -0.15) is 0 Å². The van der Waals surface area contributed by atoms with Crippen molar-refractivity contribution >= 4 is 39.1 Å². The number of primary sulfonamides is 1. The minimum Gasteiger partial charge on any atom is -0.347 e. The summed E-state index contributed by atoms with van der Waals surface area (Å²) >= 11 is 5.36. The normalized spacial score (nSPS) is 10.8. The Morgan fingerprint density at radius 1 is 1.16 bits per heavy atom. The van der Waals surface area contributed by atoms with Crippen LogP contribution in [0.4, 0.5) is 5.69 Å². The lowest BCUT2D eigenvalue weighted by Crippen LogP contribution is -2.36. The van der Waals surface area contributed by atoms with Crippen molar-refractivity contribution in [1.82, 2.24) is 5.32 Å². The average molecular weight is 306 g/mol. The van der Waals surface area contributed by atoms with Gasteiger partial charge in [-0.25, -0.2) is 13.6 Å². The molecule has 1 rings (SSSR count). The molecule has 4 N–H and O–H groups in total. The second-order valence-corrected chi connectivity index (χ2v) is 5.41. The molecule has 0 saturated carbocycles. The van der Waals surface area contributed by atoms with Crippen LogP contribution in [0.25, 0.3) is 0 Å². The zero-order chi connectivity index (χ0) is 14.5. The van der Waals surface area contributed by atoms with Crippen LogP contribution in [0.3, 0.4) is 0 Å². The summed E-state index contributed by atoms with van der Waals surface area (Å²) in [5.41, 5.74) is 0.276. The summed E-state index contributed by atoms with van der Waals surface area (Å²) in [5.74, 6) is -1.49. The molecule has 0 aliphatic rings. The van der Waals surface area contributed by atoms with Gasteiger partial charge >= 0.3 is 11.8 Å². The summed E-state index contributed by atoms with van der Waals surface area (Å²) in [6.45, 7) is 0.179. The molecular weight excluding hydrogens is 294 g/mol. The van der Waals surface area contributed by atoms with Crippen LogP contribution in [-0.2, 0) is 19.6 Å². The van der Waals surface area contributed by atoms with Crippen LogP contribution >= 0.6 is 11.6 Å². The Morgan fingerprint density at radius 3 is 2.21 bits per heavy atom. The van der Waals surface area contributed by atoms with Crippen molar-refractivity contribution in [3.8, 4) is 0 Å². The molecule has 2 amide bonds. The zero-order valence-electron chi connectivity index (χ0n) is 9.72. The van der Waals surface area contributed by atoms with Crippen molar-refractivity contribution in [2.45, 2.75) is 4.90 Å². The first-order valence-corrected chi connectivity index (χ1v) is 7.20. The Hall–Kier alpha value is -1.64. The number of nitrogens with one attached hydrogen (secondary N) is 2. The molecule has 0 unspecified atom stereocenters. The Bertz CT molecular complexity index is 571. The number of hydrogen-bond acceptors (Lipinski definition) is 4. The molecular formula is C10H12ClN3O4S. The molecule has 1 aromatic rings. The first kappa shape index (κ1) is 15.4. The van der Waals surface area contributed by atoms with Crippen molar-refractivity contribution in [2.75, 3.05) is 17.7 Å². The smallest absolute Gasteiger partial charge is 0.313 e. The first-order chi connectivity index (χ1) is 8.84. The van der Waals surface area contributed by atoms with Crippen LogP contribution in [0.1, 0.15) is 0 Å². The number of rotatable bonds is 4. The summed E-state index contributed by atoms with van der Waals surface area (Å²) in [5, 5.41) is 9.51. The molecule has 0 fully saturated rings. The van der Waals surface area contributed by atoms with E-state index in [0.717, 1.165) is 0 Å². The van der Waals surface area contributed by atoms with Gasteiger partial charge in [0, 0.05) is 18.1 Å². The maximum atomic E-state index is 11.4. The summed E-state index contributed by atoms with van der Waals surface area (Å²) in [7, 11) is -3.78. The lowest BCUT2D eigenvalue weighted by molar-refractivity contribution is -0.136. The van der Waals surface area contributed by atoms with Gasteiger partial charge in [0.2, 0.25) is 10.0 Å². The molecule has 19 heavy (non-hydrogen) atoms. The third-order valence-electron chi connectivity index (χ3n) is 2.03. The number of carbonyl (C=O) groups is 2. The van der Waals surface area contributed by atoms with Gasteiger partial charge in [-0.05, 0) is 24.3 Å². The van der Waals surface area contributed by atoms with Crippen LogP contribution in [0.2, 0.25) is 0 Å². The lowest BCUT2D eigenvalue weighted by Gasteiger charge is -2.06. The molecule has 0 saturated heterocycles. The van der Waals surface area contributed by atoms with E-state index in [1.807, 2.05) is 0 Å². The Labute approximate surface area is 115 Å². The van der Waals surface area contributed by atoms with Crippen molar-refractivity contribution in [3.05, 3.63) is 24.3 Å². The van der Waals surface area contributed by atoms with Gasteiger partial charge in [-0.1, -0.05) is 0 Å². The summed E-state index contributed by atoms with van der Waals surface area (Å²) in [4.78, 5) is 22.5. The van der Waals surface area contributed by atoms with Gasteiger partial charge in [-0.3, -0.25) is 9.59 Å². The van der Waals surface area contributed by atoms with Gasteiger partial charge in [0.15, 0.2) is 0 Å². The molecule has 0 heterocycles. The average Bonchev–Trinajstić information content (AvgIpc) is 2.35. The van der Waals surface area contributed by atoms with Gasteiger partial charge in [0.1, 0.15) is 0 Å². The number of nitrogens with two attached hydrogens (primary N) is 1. The predicted molar refractivity (Wildman–Crippen MR) is 70.2 cm³/mol. The van der Waals surface area contributed by atoms with Crippen molar-refractivity contribution in [2.24, 2.45) is 5.14 Å². The highest BCUT2D eigenvalue weighted by atomic mass is 35.5. The molecule has 7 nitrogen and oxygen atoms in total. The van der Waals surface area contributed by atoms with Gasteiger partial charge < -0.3 is 10.6 Å². The van der Waals surface area contributed by atoms with E-state index in [9.17, 15) is 18.0 Å². The highest BCUT2D eigenvalue weighted by Crippen LogP contribution is 2.12. The highest BCUT2D eigenvalue weighted by molar-refractivity contribution is 7.89. The van der Waals surface area contributed by atoms with E-state index in [-0.39, 0.29) is 23.0 Å². The number of sulfonamides is 1. The molecule has 0 aliphatic heterocycles. The number of alkyl halides is 1. The maximum absolute atomic E-state index is 11.4. The van der Waals surface area contributed by atoms with Gasteiger partial charge in [0.05, 0.1) is 4.90 Å². The number of carbonyl (C=O) groups excluding carboxylic acids is 2. The molecule has 0 spiro atoms. The van der Waals surface area contributed by atoms with Crippen LogP contribution < -0.4 is 15.8 Å². The predicted octanol–water partition coefficient (Wildman–Crippen LogP) is -0.372. The third-order valence-corrected chi connectivity index (χ3v) is 3.15. The van der Waals surface area contributed by atoms with E-state index in [4.69, 9.17) is 16.7 Å². The summed E-state index contributed by atoms with van der Waals surface area (Å²) < 4.78 is 22.0. The summed E-state index contributed by atoms with van der Waals surface area (Å²) in [6.07, 6.45) is 0. The Balaban J connectivity index is 2.68. The van der Waals surface area contributed by atoms with E-state index < -0.39 is 21.8 Å². The fraction of sp³-hybridized carbons (Fsp3) is 0.200. The van der Waals surface area contributed by atoms with Crippen LogP contribution in [0.5, 0.6) is 0 Å². The molecule has 0 atom stereocenters. The molecule has 0 aromatic heterocycles. The Kier molecular flexibility index (Phi) is 5.28. The summed E-state index contributed by atoms with van der Waals surface area (Å²) in [6, 6.07) is 5.10. The lowest BCUT2D eigenvalue weighted by atomic mass is 10.3. The minimum absolute atomic E-state index is 0.0860. The second kappa shape index (κ2) is 6.50. The molecule has 0 aliphatic carbocycles. The largest absolute Gasteiger partial charge is 0.347 e. The van der Waals surface area contributed by atoms with Crippen LogP contribution in [-0.4, -0.2) is 32.7 Å². The molecule has 1 aromatic carbocycles. The second-order valence-electron chi connectivity index (χ2n) is 3.47. The fourth-order valence-corrected chi connectivity index (χ4v) is 1.77. The van der Waals surface area contributed by atoms with E-state index in [2.05, 4.69) is 10.6 Å². The van der Waals surface area contributed by atoms with Gasteiger partial charge in [0.25, 0.3) is 0 Å². The standard InChI is InChI=1S/C10H12ClN3O4S/c11-5-6-13-9(15)10(16)14-7-1-3-8(4-2-7)19(12,17)18/h1-4H,5-6H2,(H,13,15)(H,14,16)(H2,12,17,18). The van der Waals surface area contributed by atoms with Gasteiger partial charge in [-0.15, -0.1) is 11.6 Å². The van der Waals surface area contributed by atoms with E-state index >= 15 is 0 Å². The molecule has 104 valence electrons. The van der Waals surface area contributed by atoms with Crippen molar-refractivity contribution < 1.29 is 18.0 Å². The molecule has 0 bridgehead atoms. The number of benzene rings is 1. The van der Waals surface area contributed by atoms with E-state index in [1.165, 1.54) is 24.3 Å². The number of halogens is 1. The number of hydrogen-bond donors (Lipinski definition) is 3. The van der Waals surface area contributed by atoms with Crippen LogP contribution in [0, 0.1) is 0 Å². The molecule has 0 radical (unpaired) electrons. The first-order valence-electron chi connectivity index (χ1n) is 5.12. The SMILES string of the molecule is NS(=O)(=O)c1ccc(NC(=O)C(=O)NCCCl)cc1. The number of amides is 2.